The first-order chi connectivity index (χ1) is 13.0. The summed E-state index contributed by atoms with van der Waals surface area (Å²) in [5.41, 5.74) is 1.05. The fourth-order valence-corrected chi connectivity index (χ4v) is 4.85. The van der Waals surface area contributed by atoms with Crippen molar-refractivity contribution in [3.63, 3.8) is 0 Å². The van der Waals surface area contributed by atoms with Crippen molar-refractivity contribution in [2.45, 2.75) is 44.3 Å². The van der Waals surface area contributed by atoms with Gasteiger partial charge in [0, 0.05) is 43.5 Å². The fraction of sp³-hybridized carbons (Fsp3) is 0.571. The van der Waals surface area contributed by atoms with Crippen molar-refractivity contribution in [3.05, 3.63) is 30.0 Å². The molecule has 2 aromatic rings. The van der Waals surface area contributed by atoms with Crippen molar-refractivity contribution in [2.24, 2.45) is 0 Å². The van der Waals surface area contributed by atoms with Crippen LogP contribution in [0.3, 0.4) is 0 Å². The summed E-state index contributed by atoms with van der Waals surface area (Å²) in [4.78, 5) is 16.3. The summed E-state index contributed by atoms with van der Waals surface area (Å²) in [5.74, 6) is 1.84. The number of furan rings is 1. The van der Waals surface area contributed by atoms with Crippen LogP contribution in [0.25, 0.3) is 11.0 Å². The van der Waals surface area contributed by atoms with Gasteiger partial charge in [-0.1, -0.05) is 12.1 Å². The number of piperidine rings is 1. The van der Waals surface area contributed by atoms with Gasteiger partial charge < -0.3 is 14.5 Å². The minimum atomic E-state index is 0.0724. The number of para-hydroxylation sites is 1. The molecule has 1 N–H and O–H groups in total. The molecule has 1 atom stereocenters. The molecule has 0 saturated carbocycles. The van der Waals surface area contributed by atoms with E-state index in [-0.39, 0.29) is 17.5 Å². The van der Waals surface area contributed by atoms with Gasteiger partial charge in [-0.2, -0.15) is 0 Å². The number of likely N-dealkylation sites (N-methyl/N-ethyl adjacent to an activating group) is 1. The van der Waals surface area contributed by atoms with E-state index in [1.54, 1.807) is 14.0 Å². The number of methoxy groups -OCH3 is 1. The summed E-state index contributed by atoms with van der Waals surface area (Å²) in [6, 6.07) is 8.39. The van der Waals surface area contributed by atoms with E-state index in [2.05, 4.69) is 34.3 Å². The van der Waals surface area contributed by atoms with Crippen molar-refractivity contribution in [3.8, 4) is 5.75 Å². The van der Waals surface area contributed by atoms with Crippen LogP contribution in [-0.2, 0) is 11.3 Å². The van der Waals surface area contributed by atoms with Crippen LogP contribution < -0.4 is 10.1 Å². The Hall–Kier alpha value is -2.05. The largest absolute Gasteiger partial charge is 0.493 e. The molecule has 2 aliphatic heterocycles. The number of likely N-dealkylation sites (tertiary alicyclic amines) is 2. The number of amides is 1. The lowest BCUT2D eigenvalue weighted by Crippen LogP contribution is -2.50. The maximum absolute atomic E-state index is 11.4. The molecular formula is C21H29N3O3. The summed E-state index contributed by atoms with van der Waals surface area (Å²) in [6.45, 7) is 5.47. The fourth-order valence-electron chi connectivity index (χ4n) is 4.85. The number of hydrogen-bond donors (Lipinski definition) is 1. The lowest BCUT2D eigenvalue weighted by molar-refractivity contribution is -0.119. The van der Waals surface area contributed by atoms with Gasteiger partial charge in [0.1, 0.15) is 5.76 Å². The first kappa shape index (κ1) is 18.3. The van der Waals surface area contributed by atoms with Crippen LogP contribution in [-0.4, -0.2) is 61.1 Å². The molecule has 3 heterocycles. The Morgan fingerprint density at radius 1 is 1.37 bits per heavy atom. The minimum Gasteiger partial charge on any atom is -0.493 e. The van der Waals surface area contributed by atoms with Gasteiger partial charge in [0.05, 0.1) is 13.7 Å². The van der Waals surface area contributed by atoms with E-state index in [1.807, 2.05) is 12.1 Å². The Balaban J connectivity index is 1.39. The number of ether oxygens (including phenoxy) is 1. The number of carbonyl (C=O) groups is 1. The Labute approximate surface area is 160 Å². The third-order valence-electron chi connectivity index (χ3n) is 6.28. The molecule has 1 aromatic heterocycles. The third-order valence-corrected chi connectivity index (χ3v) is 6.28. The van der Waals surface area contributed by atoms with Gasteiger partial charge in [0.15, 0.2) is 11.3 Å². The van der Waals surface area contributed by atoms with Gasteiger partial charge in [0.25, 0.3) is 0 Å². The molecule has 27 heavy (non-hydrogen) atoms. The highest BCUT2D eigenvalue weighted by molar-refractivity contribution is 5.83. The molecule has 4 rings (SSSR count). The normalized spacial score (nSPS) is 23.1. The second-order valence-corrected chi connectivity index (χ2v) is 8.07. The van der Waals surface area contributed by atoms with Gasteiger partial charge in [-0.15, -0.1) is 0 Å². The molecule has 2 saturated heterocycles. The van der Waals surface area contributed by atoms with E-state index in [4.69, 9.17) is 9.15 Å². The molecule has 1 amide bonds. The number of carbonyl (C=O) groups excluding carboxylic acids is 1. The molecular weight excluding hydrogens is 342 g/mol. The highest BCUT2D eigenvalue weighted by Gasteiger charge is 2.45. The quantitative estimate of drug-likeness (QED) is 0.895. The predicted octanol–water partition coefficient (Wildman–Crippen LogP) is 2.62. The molecule has 0 bridgehead atoms. The number of fused-ring (bicyclic) bond motifs is 1. The summed E-state index contributed by atoms with van der Waals surface area (Å²) in [5, 5.41) is 4.19. The van der Waals surface area contributed by atoms with Crippen LogP contribution in [0, 0.1) is 0 Å². The van der Waals surface area contributed by atoms with Crippen molar-refractivity contribution >= 4 is 16.9 Å². The van der Waals surface area contributed by atoms with E-state index in [0.29, 0.717) is 0 Å². The summed E-state index contributed by atoms with van der Waals surface area (Å²) >= 11 is 0. The zero-order valence-electron chi connectivity index (χ0n) is 16.5. The maximum Gasteiger partial charge on any atom is 0.217 e. The summed E-state index contributed by atoms with van der Waals surface area (Å²) in [7, 11) is 3.87. The second-order valence-electron chi connectivity index (χ2n) is 8.07. The molecule has 1 spiro atoms. The molecule has 6 heteroatoms. The van der Waals surface area contributed by atoms with E-state index in [0.717, 1.165) is 67.9 Å². The van der Waals surface area contributed by atoms with Crippen LogP contribution in [0.4, 0.5) is 0 Å². The monoisotopic (exact) mass is 371 g/mol. The van der Waals surface area contributed by atoms with Gasteiger partial charge in [-0.05, 0) is 38.4 Å². The van der Waals surface area contributed by atoms with E-state index >= 15 is 0 Å². The third kappa shape index (κ3) is 3.56. The molecule has 2 aliphatic rings. The van der Waals surface area contributed by atoms with E-state index < -0.39 is 0 Å². The predicted molar refractivity (Wildman–Crippen MR) is 105 cm³/mol. The molecule has 2 fully saturated rings. The Morgan fingerprint density at radius 2 is 2.15 bits per heavy atom. The average Bonchev–Trinajstić information content (AvgIpc) is 3.17. The number of hydrogen-bond acceptors (Lipinski definition) is 5. The van der Waals surface area contributed by atoms with Crippen LogP contribution >= 0.6 is 0 Å². The molecule has 6 nitrogen and oxygen atoms in total. The van der Waals surface area contributed by atoms with Crippen LogP contribution in [0.2, 0.25) is 0 Å². The highest BCUT2D eigenvalue weighted by Crippen LogP contribution is 2.38. The average molecular weight is 371 g/mol. The van der Waals surface area contributed by atoms with Crippen molar-refractivity contribution in [2.75, 3.05) is 33.8 Å². The van der Waals surface area contributed by atoms with Gasteiger partial charge in [0.2, 0.25) is 5.91 Å². The van der Waals surface area contributed by atoms with Crippen molar-refractivity contribution in [1.29, 1.82) is 0 Å². The zero-order valence-corrected chi connectivity index (χ0v) is 16.5. The lowest BCUT2D eigenvalue weighted by atomic mass is 9.84. The SMILES string of the molecule is COc1cccc2cc(CN3CCC4(CC3)C[C@H](NC(C)=O)CN4C)oc12. The number of nitrogens with one attached hydrogen (secondary N) is 1. The molecule has 1 aromatic carbocycles. The van der Waals surface area contributed by atoms with Crippen molar-refractivity contribution < 1.29 is 13.9 Å². The second kappa shape index (κ2) is 7.17. The Morgan fingerprint density at radius 3 is 2.85 bits per heavy atom. The van der Waals surface area contributed by atoms with E-state index in [9.17, 15) is 4.79 Å². The number of benzene rings is 1. The van der Waals surface area contributed by atoms with Gasteiger partial charge in [-0.3, -0.25) is 14.6 Å². The zero-order chi connectivity index (χ0) is 19.0. The van der Waals surface area contributed by atoms with Crippen LogP contribution in [0.5, 0.6) is 5.75 Å². The Kier molecular flexibility index (Phi) is 4.86. The van der Waals surface area contributed by atoms with Crippen LogP contribution in [0.1, 0.15) is 31.9 Å². The molecule has 0 unspecified atom stereocenters. The topological polar surface area (TPSA) is 58.0 Å². The summed E-state index contributed by atoms with van der Waals surface area (Å²) < 4.78 is 11.5. The standard InChI is InChI=1S/C21H29N3O3/c1-15(25)22-17-12-21(23(2)13-17)7-9-24(10-8-21)14-18-11-16-5-4-6-19(26-3)20(16)27-18/h4-6,11,17H,7-10,12-14H2,1-3H3,(H,22,25)/t17-/m0/s1. The van der Waals surface area contributed by atoms with Crippen molar-refractivity contribution in [1.82, 2.24) is 15.1 Å². The number of rotatable bonds is 4. The molecule has 0 aliphatic carbocycles. The van der Waals surface area contributed by atoms with Gasteiger partial charge in [-0.25, -0.2) is 0 Å². The molecule has 146 valence electrons. The smallest absolute Gasteiger partial charge is 0.217 e. The number of nitrogens with zero attached hydrogens (tertiary/aromatic N) is 2. The first-order valence-corrected chi connectivity index (χ1v) is 9.75. The van der Waals surface area contributed by atoms with E-state index in [1.165, 1.54) is 0 Å². The summed E-state index contributed by atoms with van der Waals surface area (Å²) in [6.07, 6.45) is 3.31. The molecule has 0 radical (unpaired) electrons. The van der Waals surface area contributed by atoms with Crippen LogP contribution in [0.15, 0.2) is 28.7 Å². The first-order valence-electron chi connectivity index (χ1n) is 9.75. The highest BCUT2D eigenvalue weighted by atomic mass is 16.5. The Bertz CT molecular complexity index is 823. The lowest BCUT2D eigenvalue weighted by Gasteiger charge is -2.43. The van der Waals surface area contributed by atoms with Gasteiger partial charge >= 0.3 is 0 Å². The maximum atomic E-state index is 11.4. The minimum absolute atomic E-state index is 0.0724.